The molecule has 100 valence electrons. The first kappa shape index (κ1) is 13.8. The number of hydrogen-bond acceptors (Lipinski definition) is 2. The maximum atomic E-state index is 14.3. The number of anilines is 1. The van der Waals surface area contributed by atoms with Crippen LogP contribution in [0.1, 0.15) is 32.3 Å². The summed E-state index contributed by atoms with van der Waals surface area (Å²) >= 11 is 3.30. The third-order valence-corrected chi connectivity index (χ3v) is 4.68. The first-order chi connectivity index (χ1) is 8.44. The van der Waals surface area contributed by atoms with Gasteiger partial charge in [-0.15, -0.1) is 0 Å². The third kappa shape index (κ3) is 2.69. The van der Waals surface area contributed by atoms with E-state index in [4.69, 9.17) is 5.73 Å². The first-order valence-electron chi connectivity index (χ1n) is 6.36. The molecule has 0 radical (unpaired) electrons. The average molecular weight is 315 g/mol. The van der Waals surface area contributed by atoms with Gasteiger partial charge < -0.3 is 10.6 Å². The van der Waals surface area contributed by atoms with Gasteiger partial charge in [0.1, 0.15) is 0 Å². The topological polar surface area (TPSA) is 29.3 Å². The third-order valence-electron chi connectivity index (χ3n) is 3.82. The highest BCUT2D eigenvalue weighted by Gasteiger charge is 2.27. The minimum Gasteiger partial charge on any atom is -0.369 e. The maximum absolute atomic E-state index is 14.3. The van der Waals surface area contributed by atoms with Crippen LogP contribution in [-0.4, -0.2) is 13.1 Å². The predicted octanol–water partition coefficient (Wildman–Crippen LogP) is 3.67. The molecule has 0 aliphatic carbocycles. The molecule has 18 heavy (non-hydrogen) atoms. The highest BCUT2D eigenvalue weighted by Crippen LogP contribution is 2.35. The van der Waals surface area contributed by atoms with Crippen LogP contribution >= 0.6 is 15.9 Å². The number of nitrogens with zero attached hydrogens (tertiary/aromatic N) is 1. The SMILES string of the molecule is CC1(C)CCN(c2ccc(CN)c(Br)c2F)CC1. The zero-order valence-corrected chi connectivity index (χ0v) is 12.6. The molecule has 1 saturated heterocycles. The van der Waals surface area contributed by atoms with E-state index in [1.807, 2.05) is 12.1 Å². The lowest BCUT2D eigenvalue weighted by Crippen LogP contribution is -2.37. The fraction of sp³-hybridized carbons (Fsp3) is 0.571. The Morgan fingerprint density at radius 3 is 2.50 bits per heavy atom. The van der Waals surface area contributed by atoms with Crippen LogP contribution < -0.4 is 10.6 Å². The lowest BCUT2D eigenvalue weighted by atomic mass is 9.82. The van der Waals surface area contributed by atoms with E-state index >= 15 is 0 Å². The van der Waals surface area contributed by atoms with Gasteiger partial charge in [0.15, 0.2) is 5.82 Å². The van der Waals surface area contributed by atoms with Crippen molar-refractivity contribution in [3.05, 3.63) is 28.0 Å². The maximum Gasteiger partial charge on any atom is 0.160 e. The molecule has 2 rings (SSSR count). The van der Waals surface area contributed by atoms with Gasteiger partial charge in [-0.3, -0.25) is 0 Å². The van der Waals surface area contributed by atoms with E-state index in [-0.39, 0.29) is 5.82 Å². The Balaban J connectivity index is 2.22. The Morgan fingerprint density at radius 2 is 1.94 bits per heavy atom. The molecule has 1 aromatic rings. The lowest BCUT2D eigenvalue weighted by molar-refractivity contribution is 0.279. The summed E-state index contributed by atoms with van der Waals surface area (Å²) in [6.07, 6.45) is 2.20. The zero-order chi connectivity index (χ0) is 13.3. The van der Waals surface area contributed by atoms with Crippen LogP contribution in [0, 0.1) is 11.2 Å². The van der Waals surface area contributed by atoms with Gasteiger partial charge in [-0.1, -0.05) is 19.9 Å². The van der Waals surface area contributed by atoms with Crippen LogP contribution in [0.2, 0.25) is 0 Å². The standard InChI is InChI=1S/C14H20BrFN2/c1-14(2)5-7-18(8-6-14)11-4-3-10(9-17)12(15)13(11)16/h3-4H,5-9,17H2,1-2H3. The molecule has 0 unspecified atom stereocenters. The van der Waals surface area contributed by atoms with Crippen LogP contribution in [0.15, 0.2) is 16.6 Å². The summed E-state index contributed by atoms with van der Waals surface area (Å²) in [5, 5.41) is 0. The van der Waals surface area contributed by atoms with Crippen molar-refractivity contribution in [2.75, 3.05) is 18.0 Å². The highest BCUT2D eigenvalue weighted by atomic mass is 79.9. The molecule has 0 atom stereocenters. The summed E-state index contributed by atoms with van der Waals surface area (Å²) in [7, 11) is 0. The number of hydrogen-bond donors (Lipinski definition) is 1. The molecule has 2 N–H and O–H groups in total. The molecule has 1 aromatic carbocycles. The Morgan fingerprint density at radius 1 is 1.33 bits per heavy atom. The predicted molar refractivity (Wildman–Crippen MR) is 77.2 cm³/mol. The number of piperidine rings is 1. The molecule has 1 fully saturated rings. The van der Waals surface area contributed by atoms with E-state index in [9.17, 15) is 4.39 Å². The van der Waals surface area contributed by atoms with Crippen LogP contribution in [0.25, 0.3) is 0 Å². The quantitative estimate of drug-likeness (QED) is 0.902. The summed E-state index contributed by atoms with van der Waals surface area (Å²) in [6.45, 7) is 6.73. The minimum atomic E-state index is -0.183. The molecule has 4 heteroatoms. The van der Waals surface area contributed by atoms with Gasteiger partial charge in [0.05, 0.1) is 10.2 Å². The second-order valence-corrected chi connectivity index (χ2v) is 6.52. The summed E-state index contributed by atoms with van der Waals surface area (Å²) in [5.41, 5.74) is 7.45. The normalized spacial score (nSPS) is 19.1. The number of nitrogens with two attached hydrogens (primary N) is 1. The zero-order valence-electron chi connectivity index (χ0n) is 11.0. The summed E-state index contributed by atoms with van der Waals surface area (Å²) in [5.74, 6) is -0.183. The van der Waals surface area contributed by atoms with Gasteiger partial charge in [0, 0.05) is 19.6 Å². The largest absolute Gasteiger partial charge is 0.369 e. The van der Waals surface area contributed by atoms with Crippen LogP contribution in [0.4, 0.5) is 10.1 Å². The van der Waals surface area contributed by atoms with Crippen LogP contribution in [0.5, 0.6) is 0 Å². The van der Waals surface area contributed by atoms with Gasteiger partial charge in [0.25, 0.3) is 0 Å². The van der Waals surface area contributed by atoms with Crippen molar-refractivity contribution in [2.45, 2.75) is 33.2 Å². The van der Waals surface area contributed by atoms with Crippen molar-refractivity contribution >= 4 is 21.6 Å². The molecule has 1 aliphatic heterocycles. The molecular formula is C14H20BrFN2. The molecule has 0 spiro atoms. The smallest absolute Gasteiger partial charge is 0.160 e. The molecule has 0 amide bonds. The molecule has 2 nitrogen and oxygen atoms in total. The fourth-order valence-electron chi connectivity index (χ4n) is 2.33. The van der Waals surface area contributed by atoms with E-state index in [1.165, 1.54) is 0 Å². The number of halogens is 2. The van der Waals surface area contributed by atoms with Gasteiger partial charge in [-0.2, -0.15) is 0 Å². The highest BCUT2D eigenvalue weighted by molar-refractivity contribution is 9.10. The number of rotatable bonds is 2. The van der Waals surface area contributed by atoms with Gasteiger partial charge in [-0.05, 0) is 45.8 Å². The van der Waals surface area contributed by atoms with Crippen molar-refractivity contribution in [3.63, 3.8) is 0 Å². The van der Waals surface area contributed by atoms with Crippen molar-refractivity contribution in [1.82, 2.24) is 0 Å². The Labute approximate surface area is 116 Å². The van der Waals surface area contributed by atoms with Gasteiger partial charge >= 0.3 is 0 Å². The second kappa shape index (κ2) is 5.17. The Hall–Kier alpha value is -0.610. The molecule has 0 aromatic heterocycles. The molecule has 0 bridgehead atoms. The van der Waals surface area contributed by atoms with Crippen molar-refractivity contribution in [2.24, 2.45) is 11.1 Å². The number of benzene rings is 1. The van der Waals surface area contributed by atoms with Crippen LogP contribution in [0.3, 0.4) is 0 Å². The summed E-state index contributed by atoms with van der Waals surface area (Å²) in [6, 6.07) is 3.75. The van der Waals surface area contributed by atoms with E-state index in [0.717, 1.165) is 31.5 Å². The molecule has 1 aliphatic rings. The second-order valence-electron chi connectivity index (χ2n) is 5.73. The molecular weight excluding hydrogens is 295 g/mol. The van der Waals surface area contributed by atoms with Crippen LogP contribution in [-0.2, 0) is 6.54 Å². The monoisotopic (exact) mass is 314 g/mol. The summed E-state index contributed by atoms with van der Waals surface area (Å²) in [4.78, 5) is 2.13. The van der Waals surface area contributed by atoms with E-state index in [1.54, 1.807) is 0 Å². The summed E-state index contributed by atoms with van der Waals surface area (Å²) < 4.78 is 14.8. The lowest BCUT2D eigenvalue weighted by Gasteiger charge is -2.38. The molecule has 0 saturated carbocycles. The van der Waals surface area contributed by atoms with E-state index in [2.05, 4.69) is 34.7 Å². The Bertz CT molecular complexity index is 436. The average Bonchev–Trinajstić information content (AvgIpc) is 2.33. The fourth-order valence-corrected chi connectivity index (χ4v) is 2.83. The first-order valence-corrected chi connectivity index (χ1v) is 7.16. The van der Waals surface area contributed by atoms with Gasteiger partial charge in [0.2, 0.25) is 0 Å². The van der Waals surface area contributed by atoms with E-state index < -0.39 is 0 Å². The van der Waals surface area contributed by atoms with Crippen molar-refractivity contribution < 1.29 is 4.39 Å². The minimum absolute atomic E-state index is 0.183. The van der Waals surface area contributed by atoms with Crippen molar-refractivity contribution in [3.8, 4) is 0 Å². The molecule has 1 heterocycles. The van der Waals surface area contributed by atoms with E-state index in [0.29, 0.717) is 22.1 Å². The Kier molecular flexibility index (Phi) is 3.97. The van der Waals surface area contributed by atoms with Gasteiger partial charge in [-0.25, -0.2) is 4.39 Å². The van der Waals surface area contributed by atoms with Crippen molar-refractivity contribution in [1.29, 1.82) is 0 Å².